The smallest absolute Gasteiger partial charge is 0.141 e. The first-order valence-electron chi connectivity index (χ1n) is 5.65. The Morgan fingerprint density at radius 2 is 2.00 bits per heavy atom. The van der Waals surface area contributed by atoms with E-state index in [9.17, 15) is 9.50 Å². The van der Waals surface area contributed by atoms with Crippen LogP contribution in [0.1, 0.15) is 24.2 Å². The molecule has 1 aromatic carbocycles. The van der Waals surface area contributed by atoms with Gasteiger partial charge in [0.05, 0.1) is 12.3 Å². The molecular formula is C14H14FNO2. The maximum absolute atomic E-state index is 12.9. The van der Waals surface area contributed by atoms with Crippen LogP contribution in [0.25, 0.3) is 0 Å². The van der Waals surface area contributed by atoms with E-state index in [-0.39, 0.29) is 12.4 Å². The molecule has 0 fully saturated rings. The lowest BCUT2D eigenvalue weighted by Gasteiger charge is -2.08. The number of aliphatic hydroxyl groups is 1. The van der Waals surface area contributed by atoms with Gasteiger partial charge < -0.3 is 9.84 Å². The van der Waals surface area contributed by atoms with Crippen molar-refractivity contribution in [1.29, 1.82) is 0 Å². The molecule has 0 saturated heterocycles. The molecule has 0 unspecified atom stereocenters. The van der Waals surface area contributed by atoms with Gasteiger partial charge in [0.1, 0.15) is 18.2 Å². The van der Waals surface area contributed by atoms with E-state index in [0.717, 1.165) is 11.8 Å². The highest BCUT2D eigenvalue weighted by molar-refractivity contribution is 5.28. The molecule has 0 saturated carbocycles. The first kappa shape index (κ1) is 12.5. The van der Waals surface area contributed by atoms with Crippen molar-refractivity contribution in [1.82, 2.24) is 4.98 Å². The molecule has 2 rings (SSSR count). The number of aliphatic hydroxyl groups excluding tert-OH is 1. The van der Waals surface area contributed by atoms with Crippen LogP contribution in [0.2, 0.25) is 0 Å². The molecule has 1 atom stereocenters. The fourth-order valence-electron chi connectivity index (χ4n) is 1.54. The largest absolute Gasteiger partial charge is 0.489 e. The van der Waals surface area contributed by atoms with Gasteiger partial charge in [0, 0.05) is 11.8 Å². The second kappa shape index (κ2) is 5.60. The molecule has 0 radical (unpaired) electrons. The summed E-state index contributed by atoms with van der Waals surface area (Å²) in [4.78, 5) is 3.75. The minimum absolute atomic E-state index is 0.263. The van der Waals surface area contributed by atoms with Crippen LogP contribution in [0.5, 0.6) is 5.75 Å². The Kier molecular flexibility index (Phi) is 3.89. The molecule has 0 aliphatic rings. The Labute approximate surface area is 105 Å². The van der Waals surface area contributed by atoms with Crippen LogP contribution in [0, 0.1) is 5.82 Å². The molecule has 3 nitrogen and oxygen atoms in total. The van der Waals surface area contributed by atoms with Crippen molar-refractivity contribution < 1.29 is 14.2 Å². The van der Waals surface area contributed by atoms with Gasteiger partial charge in [0.25, 0.3) is 0 Å². The number of ether oxygens (including phenoxy) is 1. The Morgan fingerprint density at radius 1 is 1.28 bits per heavy atom. The second-order valence-corrected chi connectivity index (χ2v) is 4.05. The van der Waals surface area contributed by atoms with Gasteiger partial charge in [-0.25, -0.2) is 4.39 Å². The molecule has 0 bridgehead atoms. The van der Waals surface area contributed by atoms with E-state index < -0.39 is 6.10 Å². The average Bonchev–Trinajstić information content (AvgIpc) is 2.37. The number of hydrogen-bond donors (Lipinski definition) is 1. The summed E-state index contributed by atoms with van der Waals surface area (Å²) in [6.07, 6.45) is 2.22. The number of aromatic nitrogens is 1. The Balaban J connectivity index is 1.98. The number of benzene rings is 1. The van der Waals surface area contributed by atoms with Crippen molar-refractivity contribution >= 4 is 0 Å². The highest BCUT2D eigenvalue weighted by Crippen LogP contribution is 2.18. The molecule has 0 aliphatic heterocycles. The Morgan fingerprint density at radius 3 is 2.61 bits per heavy atom. The van der Waals surface area contributed by atoms with E-state index in [2.05, 4.69) is 4.98 Å². The molecule has 1 N–H and O–H groups in total. The highest BCUT2D eigenvalue weighted by atomic mass is 19.1. The number of rotatable bonds is 4. The van der Waals surface area contributed by atoms with Crippen LogP contribution in [-0.4, -0.2) is 10.1 Å². The lowest BCUT2D eigenvalue weighted by molar-refractivity contribution is 0.199. The van der Waals surface area contributed by atoms with Gasteiger partial charge in [0.15, 0.2) is 0 Å². The van der Waals surface area contributed by atoms with Gasteiger partial charge in [-0.05, 0) is 30.7 Å². The zero-order valence-corrected chi connectivity index (χ0v) is 10.0. The molecule has 0 aliphatic carbocycles. The predicted molar refractivity (Wildman–Crippen MR) is 65.6 cm³/mol. The highest BCUT2D eigenvalue weighted by Gasteiger charge is 2.01. The summed E-state index contributed by atoms with van der Waals surface area (Å²) in [5, 5.41) is 9.36. The standard InChI is InChI=1S/C14H14FNO2/c1-10(17)12-2-4-14(5-3-12)18-9-11-6-13(15)8-16-7-11/h2-8,10,17H,9H2,1H3/t10-/m1/s1. The summed E-state index contributed by atoms with van der Waals surface area (Å²) < 4.78 is 18.4. The summed E-state index contributed by atoms with van der Waals surface area (Å²) in [6, 6.07) is 8.52. The van der Waals surface area contributed by atoms with Crippen LogP contribution < -0.4 is 4.74 Å². The topological polar surface area (TPSA) is 42.4 Å². The van der Waals surface area contributed by atoms with E-state index in [1.807, 2.05) is 0 Å². The van der Waals surface area contributed by atoms with Crippen molar-refractivity contribution in [2.45, 2.75) is 19.6 Å². The number of pyridine rings is 1. The van der Waals surface area contributed by atoms with Crippen molar-refractivity contribution in [3.63, 3.8) is 0 Å². The fraction of sp³-hybridized carbons (Fsp3) is 0.214. The van der Waals surface area contributed by atoms with Crippen molar-refractivity contribution in [3.8, 4) is 5.75 Å². The molecule has 4 heteroatoms. The summed E-state index contributed by atoms with van der Waals surface area (Å²) in [6.45, 7) is 1.97. The maximum atomic E-state index is 12.9. The average molecular weight is 247 g/mol. The van der Waals surface area contributed by atoms with Crippen LogP contribution >= 0.6 is 0 Å². The predicted octanol–water partition coefficient (Wildman–Crippen LogP) is 2.85. The van der Waals surface area contributed by atoms with Crippen LogP contribution in [0.3, 0.4) is 0 Å². The summed E-state index contributed by atoms with van der Waals surface area (Å²) >= 11 is 0. The summed E-state index contributed by atoms with van der Waals surface area (Å²) in [7, 11) is 0. The summed E-state index contributed by atoms with van der Waals surface area (Å²) in [5.74, 6) is 0.296. The molecular weight excluding hydrogens is 233 g/mol. The summed E-state index contributed by atoms with van der Waals surface area (Å²) in [5.41, 5.74) is 1.50. The first-order chi connectivity index (χ1) is 8.65. The van der Waals surface area contributed by atoms with Gasteiger partial charge in [0.2, 0.25) is 0 Å². The number of nitrogens with zero attached hydrogens (tertiary/aromatic N) is 1. The van der Waals surface area contributed by atoms with Gasteiger partial charge in [-0.2, -0.15) is 0 Å². The third-order valence-electron chi connectivity index (χ3n) is 2.53. The van der Waals surface area contributed by atoms with Crippen molar-refractivity contribution in [2.24, 2.45) is 0 Å². The third kappa shape index (κ3) is 3.28. The minimum atomic E-state index is -0.494. The lowest BCUT2D eigenvalue weighted by atomic mass is 10.1. The van der Waals surface area contributed by atoms with Gasteiger partial charge in [-0.15, -0.1) is 0 Å². The van der Waals surface area contributed by atoms with E-state index in [1.165, 1.54) is 6.07 Å². The molecule has 2 aromatic rings. The fourth-order valence-corrected chi connectivity index (χ4v) is 1.54. The second-order valence-electron chi connectivity index (χ2n) is 4.05. The number of hydrogen-bond acceptors (Lipinski definition) is 3. The molecule has 94 valence electrons. The molecule has 0 amide bonds. The van der Waals surface area contributed by atoms with Gasteiger partial charge in [-0.1, -0.05) is 12.1 Å². The van der Waals surface area contributed by atoms with Gasteiger partial charge >= 0.3 is 0 Å². The molecule has 0 spiro atoms. The SMILES string of the molecule is C[C@@H](O)c1ccc(OCc2cncc(F)c2)cc1. The van der Waals surface area contributed by atoms with E-state index in [4.69, 9.17) is 4.74 Å². The normalized spacial score (nSPS) is 12.2. The zero-order valence-electron chi connectivity index (χ0n) is 10.0. The van der Waals surface area contributed by atoms with Crippen LogP contribution in [0.15, 0.2) is 42.7 Å². The molecule has 1 aromatic heterocycles. The first-order valence-corrected chi connectivity index (χ1v) is 5.65. The van der Waals surface area contributed by atoms with E-state index in [0.29, 0.717) is 11.3 Å². The van der Waals surface area contributed by atoms with Gasteiger partial charge in [-0.3, -0.25) is 4.98 Å². The minimum Gasteiger partial charge on any atom is -0.489 e. The third-order valence-corrected chi connectivity index (χ3v) is 2.53. The van der Waals surface area contributed by atoms with Crippen molar-refractivity contribution in [2.75, 3.05) is 0 Å². The number of halogens is 1. The monoisotopic (exact) mass is 247 g/mol. The maximum Gasteiger partial charge on any atom is 0.141 e. The molecule has 18 heavy (non-hydrogen) atoms. The van der Waals surface area contributed by atoms with Crippen LogP contribution in [0.4, 0.5) is 4.39 Å². The molecule has 1 heterocycles. The van der Waals surface area contributed by atoms with Crippen LogP contribution in [-0.2, 0) is 6.61 Å². The van der Waals surface area contributed by atoms with Crippen molar-refractivity contribution in [3.05, 3.63) is 59.7 Å². The Hall–Kier alpha value is -1.94. The zero-order chi connectivity index (χ0) is 13.0. The lowest BCUT2D eigenvalue weighted by Crippen LogP contribution is -1.97. The van der Waals surface area contributed by atoms with E-state index in [1.54, 1.807) is 37.4 Å². The quantitative estimate of drug-likeness (QED) is 0.903. The van der Waals surface area contributed by atoms with E-state index >= 15 is 0 Å². The Bertz CT molecular complexity index is 511.